The molecule has 2 aliphatic rings. The number of hydrogen-bond acceptors (Lipinski definition) is 6. The van der Waals surface area contributed by atoms with Crippen molar-refractivity contribution in [3.8, 4) is 0 Å². The van der Waals surface area contributed by atoms with Crippen molar-refractivity contribution in [2.24, 2.45) is 0 Å². The number of para-hydroxylation sites is 1. The minimum Gasteiger partial charge on any atom is -0.373 e. The van der Waals surface area contributed by atoms with Gasteiger partial charge in [0.1, 0.15) is 0 Å². The smallest absolute Gasteiger partial charge is 0.253 e. The first-order valence-corrected chi connectivity index (χ1v) is 14.0. The summed E-state index contributed by atoms with van der Waals surface area (Å²) in [7, 11) is -3.63. The molecule has 0 saturated carbocycles. The third-order valence-corrected chi connectivity index (χ3v) is 9.54. The molecule has 3 heterocycles. The van der Waals surface area contributed by atoms with Crippen LogP contribution in [0.2, 0.25) is 0 Å². The van der Waals surface area contributed by atoms with Gasteiger partial charge >= 0.3 is 0 Å². The third kappa shape index (κ3) is 4.62. The lowest BCUT2D eigenvalue weighted by molar-refractivity contribution is -0.0440. The summed E-state index contributed by atoms with van der Waals surface area (Å²) in [6, 6.07) is 14.5. The predicted octanol–water partition coefficient (Wildman–Crippen LogP) is 4.11. The summed E-state index contributed by atoms with van der Waals surface area (Å²) in [6.45, 7) is 5.73. The van der Waals surface area contributed by atoms with Crippen molar-refractivity contribution in [2.45, 2.75) is 49.7 Å². The Morgan fingerprint density at radius 1 is 1.03 bits per heavy atom. The summed E-state index contributed by atoms with van der Waals surface area (Å²) in [4.78, 5) is 20.1. The molecular formula is C25H29N3O4S2. The van der Waals surface area contributed by atoms with Gasteiger partial charge in [0, 0.05) is 37.7 Å². The lowest BCUT2D eigenvalue weighted by atomic mass is 9.98. The van der Waals surface area contributed by atoms with Crippen LogP contribution in [0.15, 0.2) is 53.4 Å². The molecule has 1 aromatic heterocycles. The topological polar surface area (TPSA) is 79.8 Å². The van der Waals surface area contributed by atoms with Crippen molar-refractivity contribution >= 4 is 37.5 Å². The minimum atomic E-state index is -3.63. The number of hydrogen-bond donors (Lipinski definition) is 0. The normalized spacial score (nSPS) is 24.4. The lowest BCUT2D eigenvalue weighted by Gasteiger charge is -2.34. The van der Waals surface area contributed by atoms with Crippen LogP contribution in [0.4, 0.5) is 0 Å². The molecule has 180 valence electrons. The Morgan fingerprint density at radius 3 is 2.44 bits per heavy atom. The Balaban J connectivity index is 1.30. The van der Waals surface area contributed by atoms with E-state index in [0.717, 1.165) is 23.4 Å². The fourth-order valence-electron chi connectivity index (χ4n) is 4.86. The lowest BCUT2D eigenvalue weighted by Crippen LogP contribution is -2.48. The number of rotatable bonds is 4. The van der Waals surface area contributed by atoms with Crippen LogP contribution in [0.5, 0.6) is 0 Å². The molecule has 0 radical (unpaired) electrons. The van der Waals surface area contributed by atoms with Crippen molar-refractivity contribution in [3.63, 3.8) is 0 Å². The maximum absolute atomic E-state index is 13.2. The van der Waals surface area contributed by atoms with Gasteiger partial charge in [0.05, 0.1) is 32.3 Å². The van der Waals surface area contributed by atoms with Crippen LogP contribution in [0.1, 0.15) is 48.0 Å². The van der Waals surface area contributed by atoms with E-state index in [1.807, 2.05) is 36.9 Å². The molecule has 0 N–H and O–H groups in total. The number of carbonyl (C=O) groups excluding carboxylic acids is 1. The van der Waals surface area contributed by atoms with E-state index in [1.165, 1.54) is 9.01 Å². The zero-order valence-corrected chi connectivity index (χ0v) is 21.0. The highest BCUT2D eigenvalue weighted by molar-refractivity contribution is 7.89. The van der Waals surface area contributed by atoms with Crippen LogP contribution in [-0.4, -0.2) is 66.9 Å². The number of fused-ring (bicyclic) bond motifs is 1. The summed E-state index contributed by atoms with van der Waals surface area (Å²) in [6.07, 6.45) is 1.63. The molecule has 9 heteroatoms. The second-order valence-electron chi connectivity index (χ2n) is 9.21. The maximum atomic E-state index is 13.2. The third-order valence-electron chi connectivity index (χ3n) is 6.49. The average molecular weight is 500 g/mol. The number of likely N-dealkylation sites (tertiary alicyclic amines) is 1. The summed E-state index contributed by atoms with van der Waals surface area (Å²) in [5.41, 5.74) is 1.51. The van der Waals surface area contributed by atoms with Crippen LogP contribution < -0.4 is 0 Å². The van der Waals surface area contributed by atoms with Gasteiger partial charge in [-0.05, 0) is 63.1 Å². The highest BCUT2D eigenvalue weighted by atomic mass is 32.2. The van der Waals surface area contributed by atoms with Gasteiger partial charge in [0.2, 0.25) is 10.0 Å². The van der Waals surface area contributed by atoms with Crippen LogP contribution in [0, 0.1) is 0 Å². The van der Waals surface area contributed by atoms with Gasteiger partial charge in [0.25, 0.3) is 5.91 Å². The predicted molar refractivity (Wildman–Crippen MR) is 133 cm³/mol. The summed E-state index contributed by atoms with van der Waals surface area (Å²) < 4.78 is 34.5. The first kappa shape index (κ1) is 23.4. The fourth-order valence-corrected chi connectivity index (χ4v) is 7.54. The van der Waals surface area contributed by atoms with E-state index in [2.05, 4.69) is 6.07 Å². The Hall–Kier alpha value is -2.33. The number of nitrogens with zero attached hydrogens (tertiary/aromatic N) is 3. The Labute approximate surface area is 204 Å². The maximum Gasteiger partial charge on any atom is 0.253 e. The molecule has 1 amide bonds. The zero-order valence-electron chi connectivity index (χ0n) is 19.4. The molecule has 5 rings (SSSR count). The van der Waals surface area contributed by atoms with Crippen molar-refractivity contribution in [1.82, 2.24) is 14.2 Å². The van der Waals surface area contributed by atoms with Gasteiger partial charge in [-0.3, -0.25) is 4.79 Å². The van der Waals surface area contributed by atoms with Crippen molar-refractivity contribution in [2.75, 3.05) is 26.2 Å². The molecule has 0 bridgehead atoms. The fraction of sp³-hybridized carbons (Fsp3) is 0.440. The number of aromatic nitrogens is 1. The number of benzene rings is 2. The molecule has 3 aromatic rings. The highest BCUT2D eigenvalue weighted by Crippen LogP contribution is 2.33. The largest absolute Gasteiger partial charge is 0.373 e. The molecule has 0 unspecified atom stereocenters. The number of ether oxygens (including phenoxy) is 1. The SMILES string of the molecule is C[C@@H]1CN(S(=O)(=O)c2ccc(C(=O)N3CCC[C@@H](c4nc5ccccc5s4)C3)cc2)C[C@@H](C)O1. The van der Waals surface area contributed by atoms with Gasteiger partial charge in [0.15, 0.2) is 0 Å². The average Bonchev–Trinajstić information content (AvgIpc) is 3.28. The first-order chi connectivity index (χ1) is 16.3. The number of amides is 1. The van der Waals surface area contributed by atoms with Gasteiger partial charge in [-0.15, -0.1) is 11.3 Å². The monoisotopic (exact) mass is 499 g/mol. The van der Waals surface area contributed by atoms with Gasteiger partial charge in [-0.25, -0.2) is 13.4 Å². The quantitative estimate of drug-likeness (QED) is 0.540. The van der Waals surface area contributed by atoms with E-state index in [1.54, 1.807) is 35.6 Å². The molecule has 0 aliphatic carbocycles. The highest BCUT2D eigenvalue weighted by Gasteiger charge is 2.33. The minimum absolute atomic E-state index is 0.0663. The van der Waals surface area contributed by atoms with Crippen molar-refractivity contribution in [1.29, 1.82) is 0 Å². The Bertz CT molecular complexity index is 1250. The number of morpholine rings is 1. The molecule has 0 spiro atoms. The van der Waals surface area contributed by atoms with Crippen molar-refractivity contribution in [3.05, 3.63) is 59.1 Å². The van der Waals surface area contributed by atoms with E-state index < -0.39 is 10.0 Å². The van der Waals surface area contributed by atoms with E-state index in [-0.39, 0.29) is 28.9 Å². The van der Waals surface area contributed by atoms with E-state index in [0.29, 0.717) is 31.7 Å². The Kier molecular flexibility index (Phi) is 6.45. The first-order valence-electron chi connectivity index (χ1n) is 11.7. The van der Waals surface area contributed by atoms with Crippen LogP contribution >= 0.6 is 11.3 Å². The Morgan fingerprint density at radius 2 is 1.74 bits per heavy atom. The van der Waals surface area contributed by atoms with E-state index in [9.17, 15) is 13.2 Å². The summed E-state index contributed by atoms with van der Waals surface area (Å²) in [5, 5.41) is 1.08. The van der Waals surface area contributed by atoms with E-state index in [4.69, 9.17) is 9.72 Å². The summed E-state index contributed by atoms with van der Waals surface area (Å²) >= 11 is 1.70. The number of piperidine rings is 1. The number of sulfonamides is 1. The number of thiazole rings is 1. The second kappa shape index (κ2) is 9.37. The van der Waals surface area contributed by atoms with E-state index >= 15 is 0 Å². The standard InChI is InChI=1S/C25H29N3O4S2/c1-17-14-28(15-18(2)32-17)34(30,31)21-11-9-19(10-12-21)25(29)27-13-5-6-20(16-27)24-26-22-7-3-4-8-23(22)33-24/h3-4,7-12,17-18,20H,5-6,13-16H2,1-2H3/t17-,18-,20-/m1/s1. The van der Waals surface area contributed by atoms with Crippen LogP contribution in [-0.2, 0) is 14.8 Å². The van der Waals surface area contributed by atoms with Gasteiger partial charge in [-0.1, -0.05) is 12.1 Å². The summed E-state index contributed by atoms with van der Waals surface area (Å²) in [5.74, 6) is 0.156. The van der Waals surface area contributed by atoms with Crippen LogP contribution in [0.25, 0.3) is 10.2 Å². The molecule has 2 aliphatic heterocycles. The van der Waals surface area contributed by atoms with Crippen molar-refractivity contribution < 1.29 is 17.9 Å². The molecule has 7 nitrogen and oxygen atoms in total. The second-order valence-corrected chi connectivity index (χ2v) is 12.2. The van der Waals surface area contributed by atoms with Gasteiger partial charge in [-0.2, -0.15) is 4.31 Å². The molecule has 2 aromatic carbocycles. The molecule has 3 atom stereocenters. The molecule has 34 heavy (non-hydrogen) atoms. The number of carbonyl (C=O) groups is 1. The molecular weight excluding hydrogens is 470 g/mol. The van der Waals surface area contributed by atoms with Crippen LogP contribution in [0.3, 0.4) is 0 Å². The molecule has 2 fully saturated rings. The molecule has 2 saturated heterocycles. The van der Waals surface area contributed by atoms with Gasteiger partial charge < -0.3 is 9.64 Å². The zero-order chi connectivity index (χ0) is 23.9.